The Bertz CT molecular complexity index is 1140. The highest BCUT2D eigenvalue weighted by Crippen LogP contribution is 2.22. The molecule has 31 heavy (non-hydrogen) atoms. The number of carbonyl (C=O) groups is 1. The Hall–Kier alpha value is -3.02. The van der Waals surface area contributed by atoms with Crippen molar-refractivity contribution >= 4 is 40.6 Å². The van der Waals surface area contributed by atoms with Gasteiger partial charge in [-0.3, -0.25) is 9.69 Å². The number of benzene rings is 1. The molecular formula is C18H19Cl2N9O2. The number of aromatic nitrogens is 5. The summed E-state index contributed by atoms with van der Waals surface area (Å²) in [5, 5.41) is 20.6. The van der Waals surface area contributed by atoms with Gasteiger partial charge in [-0.05, 0) is 55.3 Å². The molecule has 0 atom stereocenters. The molecular weight excluding hydrogens is 445 g/mol. The smallest absolute Gasteiger partial charge is 0.292 e. The van der Waals surface area contributed by atoms with E-state index >= 15 is 0 Å². The molecule has 1 aliphatic rings. The summed E-state index contributed by atoms with van der Waals surface area (Å²) in [5.74, 6) is -0.475. The zero-order valence-corrected chi connectivity index (χ0v) is 18.1. The number of hydrogen-bond donors (Lipinski definition) is 2. The van der Waals surface area contributed by atoms with E-state index in [2.05, 4.69) is 40.7 Å². The zero-order valence-electron chi connectivity index (χ0n) is 16.5. The lowest BCUT2D eigenvalue weighted by molar-refractivity contribution is 0.0945. The van der Waals surface area contributed by atoms with Gasteiger partial charge < -0.3 is 5.73 Å². The molecule has 1 saturated heterocycles. The number of rotatable bonds is 6. The minimum atomic E-state index is -0.536. The third-order valence-corrected chi connectivity index (χ3v) is 5.42. The average Bonchev–Trinajstić information content (AvgIpc) is 3.47. The molecule has 0 radical (unpaired) electrons. The summed E-state index contributed by atoms with van der Waals surface area (Å²) in [6.07, 6.45) is 2.20. The van der Waals surface area contributed by atoms with Crippen LogP contribution in [0.2, 0.25) is 10.0 Å². The van der Waals surface area contributed by atoms with Gasteiger partial charge in [0.2, 0.25) is 11.6 Å². The zero-order chi connectivity index (χ0) is 22.0. The number of amides is 1. The second kappa shape index (κ2) is 9.00. The maximum absolute atomic E-state index is 13.1. The van der Waals surface area contributed by atoms with Gasteiger partial charge >= 0.3 is 0 Å². The molecule has 13 heteroatoms. The molecule has 2 aromatic heterocycles. The van der Waals surface area contributed by atoms with Gasteiger partial charge in [0.1, 0.15) is 5.69 Å². The molecule has 0 spiro atoms. The first-order chi connectivity index (χ1) is 14.9. The maximum Gasteiger partial charge on any atom is 0.292 e. The van der Waals surface area contributed by atoms with Crippen LogP contribution in [0.5, 0.6) is 0 Å². The summed E-state index contributed by atoms with van der Waals surface area (Å²) < 4.78 is 5.85. The second-order valence-electron chi connectivity index (χ2n) is 7.02. The first kappa shape index (κ1) is 21.2. The standard InChI is InChI=1S/C18H19Cl2N9O2/c1-10(12-5-4-11(19)8-13(12)20)22-24-18(30)15-14(9-28-6-2-3-7-28)23-27-29(15)17-16(21)25-31-26-17/h4-5,8H,2-3,6-7,9H2,1H3,(H2,21,25)(H,24,30)/b22-10+. The molecule has 11 nitrogen and oxygen atoms in total. The highest BCUT2D eigenvalue weighted by molar-refractivity contribution is 6.37. The van der Waals surface area contributed by atoms with Crippen LogP contribution in [0.1, 0.15) is 41.5 Å². The van der Waals surface area contributed by atoms with Crippen molar-refractivity contribution in [2.24, 2.45) is 5.10 Å². The van der Waals surface area contributed by atoms with E-state index < -0.39 is 5.91 Å². The summed E-state index contributed by atoms with van der Waals surface area (Å²) in [7, 11) is 0. The van der Waals surface area contributed by atoms with E-state index in [1.165, 1.54) is 4.68 Å². The SMILES string of the molecule is C/C(=N\NC(=O)c1c(CN2CCCC2)nnn1-c1nonc1N)c1ccc(Cl)cc1Cl. The van der Waals surface area contributed by atoms with Gasteiger partial charge in [-0.1, -0.05) is 34.5 Å². The summed E-state index contributed by atoms with van der Waals surface area (Å²) in [5.41, 5.74) is 10.1. The summed E-state index contributed by atoms with van der Waals surface area (Å²) in [4.78, 5) is 15.3. The predicted octanol–water partition coefficient (Wildman–Crippen LogP) is 2.29. The minimum Gasteiger partial charge on any atom is -0.378 e. The number of nitrogens with zero attached hydrogens (tertiary/aromatic N) is 7. The van der Waals surface area contributed by atoms with Crippen LogP contribution in [0.3, 0.4) is 0 Å². The van der Waals surface area contributed by atoms with Gasteiger partial charge in [0.15, 0.2) is 5.69 Å². The molecule has 1 fully saturated rings. The summed E-state index contributed by atoms with van der Waals surface area (Å²) >= 11 is 12.2. The number of hydrogen-bond acceptors (Lipinski definition) is 9. The highest BCUT2D eigenvalue weighted by atomic mass is 35.5. The first-order valence-electron chi connectivity index (χ1n) is 9.49. The molecule has 1 amide bonds. The quantitative estimate of drug-likeness (QED) is 0.418. The van der Waals surface area contributed by atoms with Crippen LogP contribution < -0.4 is 11.2 Å². The Morgan fingerprint density at radius 1 is 1.29 bits per heavy atom. The van der Waals surface area contributed by atoms with Crippen LogP contribution in [0, 0.1) is 0 Å². The van der Waals surface area contributed by atoms with Crippen LogP contribution in [0.15, 0.2) is 27.9 Å². The Morgan fingerprint density at radius 2 is 2.06 bits per heavy atom. The Labute approximate surface area is 187 Å². The van der Waals surface area contributed by atoms with Gasteiger partial charge in [0.25, 0.3) is 5.91 Å². The third kappa shape index (κ3) is 4.53. The van der Waals surface area contributed by atoms with E-state index in [1.54, 1.807) is 25.1 Å². The Balaban J connectivity index is 1.63. The van der Waals surface area contributed by atoms with E-state index in [9.17, 15) is 4.79 Å². The molecule has 1 aromatic carbocycles. The average molecular weight is 464 g/mol. The second-order valence-corrected chi connectivity index (χ2v) is 7.86. The van der Waals surface area contributed by atoms with Gasteiger partial charge in [-0.2, -0.15) is 9.78 Å². The van der Waals surface area contributed by atoms with Crippen molar-refractivity contribution in [3.8, 4) is 5.82 Å². The highest BCUT2D eigenvalue weighted by Gasteiger charge is 2.27. The third-order valence-electron chi connectivity index (χ3n) is 4.87. The maximum atomic E-state index is 13.1. The fourth-order valence-electron chi connectivity index (χ4n) is 3.32. The number of halogens is 2. The van der Waals surface area contributed by atoms with Crippen molar-refractivity contribution in [3.63, 3.8) is 0 Å². The molecule has 0 saturated carbocycles. The van der Waals surface area contributed by atoms with Crippen LogP contribution in [-0.4, -0.2) is 54.9 Å². The fourth-order valence-corrected chi connectivity index (χ4v) is 3.86. The molecule has 3 aromatic rings. The largest absolute Gasteiger partial charge is 0.378 e. The van der Waals surface area contributed by atoms with Crippen molar-refractivity contribution in [3.05, 3.63) is 45.2 Å². The van der Waals surface area contributed by atoms with Crippen LogP contribution in [0.4, 0.5) is 5.82 Å². The molecule has 1 aliphatic heterocycles. The molecule has 162 valence electrons. The molecule has 4 rings (SSSR count). The molecule has 0 aliphatic carbocycles. The van der Waals surface area contributed by atoms with Crippen molar-refractivity contribution in [1.29, 1.82) is 0 Å². The number of nitrogen functional groups attached to an aromatic ring is 1. The van der Waals surface area contributed by atoms with Gasteiger partial charge in [0, 0.05) is 17.1 Å². The van der Waals surface area contributed by atoms with E-state index in [0.717, 1.165) is 25.9 Å². The normalized spacial score (nSPS) is 14.9. The Morgan fingerprint density at radius 3 is 2.74 bits per heavy atom. The topological polar surface area (TPSA) is 140 Å². The van der Waals surface area contributed by atoms with E-state index in [0.29, 0.717) is 33.6 Å². The van der Waals surface area contributed by atoms with Crippen molar-refractivity contribution in [2.45, 2.75) is 26.3 Å². The van der Waals surface area contributed by atoms with E-state index in [1.807, 2.05) is 0 Å². The lowest BCUT2D eigenvalue weighted by Crippen LogP contribution is -2.26. The van der Waals surface area contributed by atoms with Crippen molar-refractivity contribution in [2.75, 3.05) is 18.8 Å². The van der Waals surface area contributed by atoms with Crippen LogP contribution >= 0.6 is 23.2 Å². The number of nitrogens with one attached hydrogen (secondary N) is 1. The molecule has 3 heterocycles. The number of carbonyl (C=O) groups excluding carboxylic acids is 1. The van der Waals surface area contributed by atoms with Gasteiger partial charge in [-0.25, -0.2) is 10.1 Å². The summed E-state index contributed by atoms with van der Waals surface area (Å²) in [6, 6.07) is 5.02. The molecule has 3 N–H and O–H groups in total. The molecule has 0 unspecified atom stereocenters. The number of hydrazone groups is 1. The van der Waals surface area contributed by atoms with Crippen LogP contribution in [-0.2, 0) is 6.54 Å². The molecule has 0 bridgehead atoms. The van der Waals surface area contributed by atoms with Crippen molar-refractivity contribution < 1.29 is 9.42 Å². The Kier molecular flexibility index (Phi) is 6.16. The lowest BCUT2D eigenvalue weighted by atomic mass is 10.1. The van der Waals surface area contributed by atoms with E-state index in [4.69, 9.17) is 28.9 Å². The van der Waals surface area contributed by atoms with E-state index in [-0.39, 0.29) is 17.3 Å². The number of likely N-dealkylation sites (tertiary alicyclic amines) is 1. The van der Waals surface area contributed by atoms with Gasteiger partial charge in [-0.15, -0.1) is 5.10 Å². The number of nitrogens with two attached hydrogens (primary N) is 1. The lowest BCUT2D eigenvalue weighted by Gasteiger charge is -2.13. The minimum absolute atomic E-state index is 0.0145. The fraction of sp³-hybridized carbons (Fsp3) is 0.333. The number of anilines is 1. The van der Waals surface area contributed by atoms with Crippen LogP contribution in [0.25, 0.3) is 5.82 Å². The van der Waals surface area contributed by atoms with Crippen molar-refractivity contribution in [1.82, 2.24) is 35.6 Å². The predicted molar refractivity (Wildman–Crippen MR) is 114 cm³/mol. The monoisotopic (exact) mass is 463 g/mol. The summed E-state index contributed by atoms with van der Waals surface area (Å²) in [6.45, 7) is 4.02. The first-order valence-corrected chi connectivity index (χ1v) is 10.2. The van der Waals surface area contributed by atoms with Gasteiger partial charge in [0.05, 0.1) is 10.7 Å².